The van der Waals surface area contributed by atoms with Crippen LogP contribution in [0.4, 0.5) is 0 Å². The van der Waals surface area contributed by atoms with Crippen molar-refractivity contribution in [1.82, 2.24) is 10.2 Å². The van der Waals surface area contributed by atoms with Crippen LogP contribution in [0.2, 0.25) is 10.0 Å². The molecule has 1 aromatic carbocycles. The Bertz CT molecular complexity index is 511. The highest BCUT2D eigenvalue weighted by Crippen LogP contribution is 2.34. The SMILES string of the molecule is CN1CCCC(C(=O)NC(C)(C)c2c(Cl)cccc2Cl)C1. The number of hydrogen-bond acceptors (Lipinski definition) is 2. The Kier molecular flexibility index (Phi) is 5.18. The summed E-state index contributed by atoms with van der Waals surface area (Å²) in [5.41, 5.74) is 0.175. The van der Waals surface area contributed by atoms with Crippen molar-refractivity contribution < 1.29 is 4.79 Å². The third kappa shape index (κ3) is 3.91. The minimum absolute atomic E-state index is 0.0317. The molecule has 116 valence electrons. The van der Waals surface area contributed by atoms with Crippen LogP contribution in [0.25, 0.3) is 0 Å². The number of likely N-dealkylation sites (tertiary alicyclic amines) is 1. The second-order valence-corrected chi connectivity index (χ2v) is 7.13. The zero-order valence-corrected chi connectivity index (χ0v) is 14.3. The number of nitrogens with zero attached hydrogens (tertiary/aromatic N) is 1. The molecule has 5 heteroatoms. The van der Waals surface area contributed by atoms with E-state index in [1.165, 1.54) is 0 Å². The maximum atomic E-state index is 12.5. The molecule has 0 aliphatic carbocycles. The van der Waals surface area contributed by atoms with Crippen LogP contribution >= 0.6 is 23.2 Å². The molecule has 1 aromatic rings. The Morgan fingerprint density at radius 1 is 1.33 bits per heavy atom. The van der Waals surface area contributed by atoms with Crippen LogP contribution in [-0.4, -0.2) is 30.9 Å². The average Bonchev–Trinajstić information content (AvgIpc) is 2.37. The van der Waals surface area contributed by atoms with Gasteiger partial charge in [0.2, 0.25) is 5.91 Å². The Morgan fingerprint density at radius 2 is 1.95 bits per heavy atom. The molecule has 2 rings (SSSR count). The fraction of sp³-hybridized carbons (Fsp3) is 0.562. The number of hydrogen-bond donors (Lipinski definition) is 1. The van der Waals surface area contributed by atoms with E-state index < -0.39 is 5.54 Å². The van der Waals surface area contributed by atoms with E-state index in [9.17, 15) is 4.79 Å². The van der Waals surface area contributed by atoms with Gasteiger partial charge in [0.1, 0.15) is 0 Å². The summed E-state index contributed by atoms with van der Waals surface area (Å²) >= 11 is 12.5. The van der Waals surface area contributed by atoms with Crippen molar-refractivity contribution in [2.75, 3.05) is 20.1 Å². The fourth-order valence-corrected chi connectivity index (χ4v) is 3.82. The van der Waals surface area contributed by atoms with Gasteiger partial charge in [-0.25, -0.2) is 0 Å². The number of benzene rings is 1. The molecule has 0 radical (unpaired) electrons. The van der Waals surface area contributed by atoms with E-state index >= 15 is 0 Å². The highest BCUT2D eigenvalue weighted by atomic mass is 35.5. The van der Waals surface area contributed by atoms with Gasteiger partial charge in [0.05, 0.1) is 11.5 Å². The van der Waals surface area contributed by atoms with Crippen molar-refractivity contribution in [2.24, 2.45) is 5.92 Å². The van der Waals surface area contributed by atoms with Crippen LogP contribution in [-0.2, 0) is 10.3 Å². The first-order valence-corrected chi connectivity index (χ1v) is 8.02. The lowest BCUT2D eigenvalue weighted by Crippen LogP contribution is -2.48. The predicted molar refractivity (Wildman–Crippen MR) is 87.9 cm³/mol. The summed E-state index contributed by atoms with van der Waals surface area (Å²) in [7, 11) is 2.05. The van der Waals surface area contributed by atoms with Crippen molar-refractivity contribution in [3.05, 3.63) is 33.8 Å². The third-order valence-electron chi connectivity index (χ3n) is 4.02. The molecule has 1 heterocycles. The van der Waals surface area contributed by atoms with Crippen LogP contribution < -0.4 is 5.32 Å². The number of carbonyl (C=O) groups is 1. The first-order chi connectivity index (χ1) is 9.81. The molecule has 1 unspecified atom stereocenters. The smallest absolute Gasteiger partial charge is 0.225 e. The van der Waals surface area contributed by atoms with Crippen molar-refractivity contribution in [1.29, 1.82) is 0 Å². The van der Waals surface area contributed by atoms with Gasteiger partial charge in [-0.1, -0.05) is 29.3 Å². The second-order valence-electron chi connectivity index (χ2n) is 6.31. The van der Waals surface area contributed by atoms with E-state index in [0.29, 0.717) is 10.0 Å². The standard InChI is InChI=1S/C16H22Cl2N2O/c1-16(2,14-12(17)7-4-8-13(14)18)19-15(21)11-6-5-9-20(3)10-11/h4,7-8,11H,5-6,9-10H2,1-3H3,(H,19,21). The van der Waals surface area contributed by atoms with E-state index in [4.69, 9.17) is 23.2 Å². The minimum Gasteiger partial charge on any atom is -0.347 e. The largest absolute Gasteiger partial charge is 0.347 e. The lowest BCUT2D eigenvalue weighted by atomic mass is 9.91. The molecule has 1 atom stereocenters. The number of piperidine rings is 1. The van der Waals surface area contributed by atoms with Crippen LogP contribution in [0.3, 0.4) is 0 Å². The zero-order chi connectivity index (χ0) is 15.6. The monoisotopic (exact) mass is 328 g/mol. The molecule has 1 fully saturated rings. The zero-order valence-electron chi connectivity index (χ0n) is 12.7. The number of carbonyl (C=O) groups excluding carboxylic acids is 1. The molecular formula is C16H22Cl2N2O. The Balaban J connectivity index is 2.15. The Labute approximate surface area is 136 Å². The summed E-state index contributed by atoms with van der Waals surface area (Å²) in [4.78, 5) is 14.7. The molecule has 21 heavy (non-hydrogen) atoms. The first-order valence-electron chi connectivity index (χ1n) is 7.26. The number of nitrogens with one attached hydrogen (secondary N) is 1. The van der Waals surface area contributed by atoms with E-state index in [1.54, 1.807) is 12.1 Å². The molecule has 1 aliphatic heterocycles. The van der Waals surface area contributed by atoms with E-state index in [1.807, 2.05) is 19.9 Å². The fourth-order valence-electron chi connectivity index (χ4n) is 2.95. The van der Waals surface area contributed by atoms with Gasteiger partial charge in [-0.05, 0) is 52.4 Å². The van der Waals surface area contributed by atoms with Gasteiger partial charge in [0, 0.05) is 22.2 Å². The summed E-state index contributed by atoms with van der Waals surface area (Å²) in [5.74, 6) is 0.104. The topological polar surface area (TPSA) is 32.3 Å². The molecule has 0 spiro atoms. The van der Waals surface area contributed by atoms with Crippen LogP contribution in [0.1, 0.15) is 32.3 Å². The summed E-state index contributed by atoms with van der Waals surface area (Å²) in [5, 5.41) is 4.26. The normalized spacial score (nSPS) is 20.3. The number of amides is 1. The molecule has 0 saturated carbocycles. The van der Waals surface area contributed by atoms with E-state index in [0.717, 1.165) is 31.5 Å². The second kappa shape index (κ2) is 6.55. The van der Waals surface area contributed by atoms with Crippen LogP contribution in [0.15, 0.2) is 18.2 Å². The summed E-state index contributed by atoms with van der Waals surface area (Å²) in [6.07, 6.45) is 1.99. The van der Waals surface area contributed by atoms with Crippen LogP contribution in [0, 0.1) is 5.92 Å². The highest BCUT2D eigenvalue weighted by Gasteiger charge is 2.32. The Morgan fingerprint density at radius 3 is 2.52 bits per heavy atom. The molecule has 0 bridgehead atoms. The van der Waals surface area contributed by atoms with Crippen LogP contribution in [0.5, 0.6) is 0 Å². The van der Waals surface area contributed by atoms with E-state index in [-0.39, 0.29) is 11.8 Å². The van der Waals surface area contributed by atoms with Gasteiger partial charge in [0.25, 0.3) is 0 Å². The molecule has 1 amide bonds. The Hall–Kier alpha value is -0.770. The number of rotatable bonds is 3. The maximum absolute atomic E-state index is 12.5. The molecule has 3 nitrogen and oxygen atoms in total. The summed E-state index contributed by atoms with van der Waals surface area (Å²) < 4.78 is 0. The lowest BCUT2D eigenvalue weighted by Gasteiger charge is -2.34. The quantitative estimate of drug-likeness (QED) is 0.917. The molecule has 1 saturated heterocycles. The average molecular weight is 329 g/mol. The highest BCUT2D eigenvalue weighted by molar-refractivity contribution is 6.36. The van der Waals surface area contributed by atoms with Gasteiger partial charge in [0.15, 0.2) is 0 Å². The van der Waals surface area contributed by atoms with Crippen molar-refractivity contribution in [2.45, 2.75) is 32.2 Å². The number of halogens is 2. The molecule has 1 aliphatic rings. The third-order valence-corrected chi connectivity index (χ3v) is 4.65. The minimum atomic E-state index is -0.595. The van der Waals surface area contributed by atoms with Gasteiger partial charge >= 0.3 is 0 Å². The summed E-state index contributed by atoms with van der Waals surface area (Å²) in [6.45, 7) is 5.73. The maximum Gasteiger partial charge on any atom is 0.225 e. The summed E-state index contributed by atoms with van der Waals surface area (Å²) in [6, 6.07) is 5.40. The van der Waals surface area contributed by atoms with Gasteiger partial charge in [-0.15, -0.1) is 0 Å². The van der Waals surface area contributed by atoms with Crippen molar-refractivity contribution >= 4 is 29.1 Å². The predicted octanol–water partition coefficient (Wildman–Crippen LogP) is 3.69. The first kappa shape index (κ1) is 16.6. The van der Waals surface area contributed by atoms with Gasteiger partial charge in [-0.2, -0.15) is 0 Å². The molecule has 0 aromatic heterocycles. The molecular weight excluding hydrogens is 307 g/mol. The van der Waals surface area contributed by atoms with Gasteiger partial charge in [-0.3, -0.25) is 4.79 Å². The van der Waals surface area contributed by atoms with Crippen molar-refractivity contribution in [3.63, 3.8) is 0 Å². The molecule has 1 N–H and O–H groups in total. The van der Waals surface area contributed by atoms with E-state index in [2.05, 4.69) is 17.3 Å². The lowest BCUT2D eigenvalue weighted by molar-refractivity contribution is -0.128. The van der Waals surface area contributed by atoms with Gasteiger partial charge < -0.3 is 10.2 Å². The van der Waals surface area contributed by atoms with Crippen molar-refractivity contribution in [3.8, 4) is 0 Å².